The van der Waals surface area contributed by atoms with Gasteiger partial charge in [-0.25, -0.2) is 0 Å². The first-order valence-corrected chi connectivity index (χ1v) is 6.67. The second-order valence-corrected chi connectivity index (χ2v) is 5.97. The third-order valence-electron chi connectivity index (χ3n) is 3.68. The molecule has 2 heterocycles. The lowest BCUT2D eigenvalue weighted by Crippen LogP contribution is -2.41. The number of pyridine rings is 1. The lowest BCUT2D eigenvalue weighted by atomic mass is 9.88. The molecule has 1 aliphatic rings. The van der Waals surface area contributed by atoms with E-state index in [9.17, 15) is 0 Å². The van der Waals surface area contributed by atoms with Gasteiger partial charge in [0.05, 0.1) is 0 Å². The fourth-order valence-electron chi connectivity index (χ4n) is 2.59. The predicted octanol–water partition coefficient (Wildman–Crippen LogP) is 3.36. The molecule has 2 nitrogen and oxygen atoms in total. The molecule has 0 spiro atoms. The topological polar surface area (TPSA) is 16.1 Å². The summed E-state index contributed by atoms with van der Waals surface area (Å²) in [6.07, 6.45) is 2.10. The maximum absolute atomic E-state index is 4.71. The highest BCUT2D eigenvalue weighted by atomic mass is 15.2. The van der Waals surface area contributed by atoms with Crippen LogP contribution in [0.5, 0.6) is 0 Å². The molecular weight excluding hydrogens is 208 g/mol. The molecule has 0 aliphatic carbocycles. The number of rotatable bonds is 3. The molecule has 0 amide bonds. The standard InChI is InChI=1S/C15H24N2/c1-10(2)14-6-12(13-8-17(5)9-13)7-16-15(14)11(3)4/h6-7,10-11,13H,8-9H2,1-5H3. The van der Waals surface area contributed by atoms with Crippen molar-refractivity contribution in [1.29, 1.82) is 0 Å². The molecule has 0 bridgehead atoms. The Bertz CT molecular complexity index is 390. The van der Waals surface area contributed by atoms with E-state index >= 15 is 0 Å². The maximum atomic E-state index is 4.71. The van der Waals surface area contributed by atoms with Crippen LogP contribution in [0.25, 0.3) is 0 Å². The van der Waals surface area contributed by atoms with Crippen LogP contribution in [0, 0.1) is 0 Å². The van der Waals surface area contributed by atoms with Gasteiger partial charge < -0.3 is 4.90 Å². The van der Waals surface area contributed by atoms with Gasteiger partial charge in [-0.1, -0.05) is 33.8 Å². The molecule has 1 saturated heterocycles. The Morgan fingerprint density at radius 2 is 1.82 bits per heavy atom. The molecule has 94 valence electrons. The lowest BCUT2D eigenvalue weighted by molar-refractivity contribution is 0.189. The molecule has 0 unspecified atom stereocenters. The Morgan fingerprint density at radius 3 is 2.29 bits per heavy atom. The van der Waals surface area contributed by atoms with Crippen molar-refractivity contribution in [2.75, 3.05) is 20.1 Å². The average Bonchev–Trinajstić information content (AvgIpc) is 2.23. The molecule has 2 heteroatoms. The van der Waals surface area contributed by atoms with Crippen LogP contribution < -0.4 is 0 Å². The molecule has 1 aromatic heterocycles. The first-order chi connectivity index (χ1) is 7.99. The van der Waals surface area contributed by atoms with Gasteiger partial charge in [-0.05, 0) is 30.0 Å². The SMILES string of the molecule is CC(C)c1cc(C2CN(C)C2)cnc1C(C)C. The summed E-state index contributed by atoms with van der Waals surface area (Å²) in [5.74, 6) is 1.79. The normalized spacial score (nSPS) is 17.8. The van der Waals surface area contributed by atoms with Crippen molar-refractivity contribution in [1.82, 2.24) is 9.88 Å². The van der Waals surface area contributed by atoms with Crippen molar-refractivity contribution < 1.29 is 0 Å². The third kappa shape index (κ3) is 2.52. The van der Waals surface area contributed by atoms with E-state index in [1.54, 1.807) is 0 Å². The Labute approximate surface area is 105 Å². The van der Waals surface area contributed by atoms with Crippen molar-refractivity contribution in [3.63, 3.8) is 0 Å². The number of hydrogen-bond acceptors (Lipinski definition) is 2. The molecule has 0 atom stereocenters. The summed E-state index contributed by atoms with van der Waals surface area (Å²) < 4.78 is 0. The molecule has 2 rings (SSSR count). The smallest absolute Gasteiger partial charge is 0.0463 e. The minimum atomic E-state index is 0.519. The van der Waals surface area contributed by atoms with Gasteiger partial charge in [-0.3, -0.25) is 4.98 Å². The highest BCUT2D eigenvalue weighted by Crippen LogP contribution is 2.30. The lowest BCUT2D eigenvalue weighted by Gasteiger charge is -2.36. The van der Waals surface area contributed by atoms with Gasteiger partial charge in [-0.2, -0.15) is 0 Å². The Morgan fingerprint density at radius 1 is 1.18 bits per heavy atom. The van der Waals surface area contributed by atoms with E-state index in [0.717, 1.165) is 0 Å². The van der Waals surface area contributed by atoms with E-state index in [-0.39, 0.29) is 0 Å². The number of likely N-dealkylation sites (N-methyl/N-ethyl adjacent to an activating group) is 1. The molecule has 0 aromatic carbocycles. The number of likely N-dealkylation sites (tertiary alicyclic amines) is 1. The summed E-state index contributed by atoms with van der Waals surface area (Å²) >= 11 is 0. The van der Waals surface area contributed by atoms with E-state index in [2.05, 4.69) is 51.9 Å². The quantitative estimate of drug-likeness (QED) is 0.794. The summed E-state index contributed by atoms with van der Waals surface area (Å²) in [4.78, 5) is 7.07. The molecule has 0 saturated carbocycles. The van der Waals surface area contributed by atoms with Gasteiger partial charge in [0.2, 0.25) is 0 Å². The zero-order chi connectivity index (χ0) is 12.6. The maximum Gasteiger partial charge on any atom is 0.0463 e. The van der Waals surface area contributed by atoms with Crippen molar-refractivity contribution in [2.45, 2.75) is 45.4 Å². The van der Waals surface area contributed by atoms with E-state index in [0.29, 0.717) is 17.8 Å². The highest BCUT2D eigenvalue weighted by molar-refractivity contribution is 5.32. The van der Waals surface area contributed by atoms with E-state index in [4.69, 9.17) is 4.98 Å². The monoisotopic (exact) mass is 232 g/mol. The van der Waals surface area contributed by atoms with Crippen LogP contribution in [-0.2, 0) is 0 Å². The van der Waals surface area contributed by atoms with Crippen LogP contribution in [0.2, 0.25) is 0 Å². The van der Waals surface area contributed by atoms with E-state index in [1.807, 2.05) is 0 Å². The summed E-state index contributed by atoms with van der Waals surface area (Å²) in [5.41, 5.74) is 4.14. The molecule has 1 fully saturated rings. The van der Waals surface area contributed by atoms with Crippen molar-refractivity contribution >= 4 is 0 Å². The Balaban J connectivity index is 2.29. The second kappa shape index (κ2) is 4.77. The van der Waals surface area contributed by atoms with Crippen LogP contribution >= 0.6 is 0 Å². The molecule has 1 aromatic rings. The molecular formula is C15H24N2. The third-order valence-corrected chi connectivity index (χ3v) is 3.68. The molecule has 0 radical (unpaired) electrons. The Kier molecular flexibility index (Phi) is 3.53. The Hall–Kier alpha value is -0.890. The van der Waals surface area contributed by atoms with Crippen LogP contribution in [0.4, 0.5) is 0 Å². The van der Waals surface area contributed by atoms with Crippen LogP contribution in [0.1, 0.15) is 62.3 Å². The number of nitrogens with zero attached hydrogens (tertiary/aromatic N) is 2. The number of hydrogen-bond donors (Lipinski definition) is 0. The summed E-state index contributed by atoms with van der Waals surface area (Å²) in [6, 6.07) is 2.39. The minimum absolute atomic E-state index is 0.519. The van der Waals surface area contributed by atoms with E-state index in [1.165, 1.54) is 29.9 Å². The molecule has 17 heavy (non-hydrogen) atoms. The van der Waals surface area contributed by atoms with Crippen molar-refractivity contribution in [3.05, 3.63) is 29.1 Å². The highest BCUT2D eigenvalue weighted by Gasteiger charge is 2.26. The zero-order valence-electron chi connectivity index (χ0n) is 11.7. The summed E-state index contributed by atoms with van der Waals surface area (Å²) in [5, 5.41) is 0. The van der Waals surface area contributed by atoms with E-state index < -0.39 is 0 Å². The first-order valence-electron chi connectivity index (χ1n) is 6.67. The fourth-order valence-corrected chi connectivity index (χ4v) is 2.59. The summed E-state index contributed by atoms with van der Waals surface area (Å²) in [7, 11) is 2.18. The molecule has 0 N–H and O–H groups in total. The van der Waals surface area contributed by atoms with Gasteiger partial charge in [0.15, 0.2) is 0 Å². The van der Waals surface area contributed by atoms with Crippen LogP contribution in [0.3, 0.4) is 0 Å². The number of aromatic nitrogens is 1. The first kappa shape index (κ1) is 12.6. The van der Waals surface area contributed by atoms with Crippen LogP contribution in [-0.4, -0.2) is 30.0 Å². The largest absolute Gasteiger partial charge is 0.305 e. The molecule has 1 aliphatic heterocycles. The minimum Gasteiger partial charge on any atom is -0.305 e. The van der Waals surface area contributed by atoms with Gasteiger partial charge in [-0.15, -0.1) is 0 Å². The average molecular weight is 232 g/mol. The van der Waals surface area contributed by atoms with Crippen molar-refractivity contribution in [2.24, 2.45) is 0 Å². The summed E-state index contributed by atoms with van der Waals surface area (Å²) in [6.45, 7) is 11.3. The predicted molar refractivity (Wildman–Crippen MR) is 72.7 cm³/mol. The fraction of sp³-hybridized carbons (Fsp3) is 0.667. The van der Waals surface area contributed by atoms with Gasteiger partial charge in [0.25, 0.3) is 0 Å². The van der Waals surface area contributed by atoms with Crippen LogP contribution in [0.15, 0.2) is 12.3 Å². The van der Waals surface area contributed by atoms with Gasteiger partial charge in [0, 0.05) is 30.9 Å². The zero-order valence-corrected chi connectivity index (χ0v) is 11.7. The van der Waals surface area contributed by atoms with Crippen molar-refractivity contribution in [3.8, 4) is 0 Å². The second-order valence-electron chi connectivity index (χ2n) is 5.97. The van der Waals surface area contributed by atoms with Gasteiger partial charge >= 0.3 is 0 Å². The van der Waals surface area contributed by atoms with Gasteiger partial charge in [0.1, 0.15) is 0 Å².